The molecule has 1 aromatic carbocycles. The highest BCUT2D eigenvalue weighted by Crippen LogP contribution is 2.29. The van der Waals surface area contributed by atoms with E-state index in [4.69, 9.17) is 5.73 Å². The Labute approximate surface area is 144 Å². The number of aliphatic hydroxyl groups is 1. The molecule has 1 aliphatic rings. The Morgan fingerprint density at radius 1 is 1.40 bits per heavy atom. The molecule has 132 valence electrons. The van der Waals surface area contributed by atoms with Gasteiger partial charge in [-0.2, -0.15) is 5.10 Å². The summed E-state index contributed by atoms with van der Waals surface area (Å²) in [6, 6.07) is 5.60. The number of rotatable bonds is 4. The van der Waals surface area contributed by atoms with Gasteiger partial charge in [-0.3, -0.25) is 14.5 Å². The number of benzene rings is 1. The van der Waals surface area contributed by atoms with Crippen molar-refractivity contribution < 1.29 is 14.3 Å². The molecule has 4 N–H and O–H groups in total. The fourth-order valence-corrected chi connectivity index (χ4v) is 3.02. The van der Waals surface area contributed by atoms with Crippen molar-refractivity contribution in [1.82, 2.24) is 9.78 Å². The molecule has 0 unspecified atom stereocenters. The van der Waals surface area contributed by atoms with Gasteiger partial charge < -0.3 is 16.2 Å². The van der Waals surface area contributed by atoms with Gasteiger partial charge in [0.15, 0.2) is 5.82 Å². The van der Waals surface area contributed by atoms with Crippen LogP contribution in [0.4, 0.5) is 15.9 Å². The number of nitrogens with two attached hydrogens (primary N) is 1. The average Bonchev–Trinajstić information content (AvgIpc) is 3.00. The van der Waals surface area contributed by atoms with Crippen molar-refractivity contribution in [3.8, 4) is 0 Å². The quantitative estimate of drug-likeness (QED) is 0.788. The van der Waals surface area contributed by atoms with Crippen LogP contribution in [0.1, 0.15) is 35.7 Å². The van der Waals surface area contributed by atoms with Crippen LogP contribution in [0.3, 0.4) is 0 Å². The summed E-state index contributed by atoms with van der Waals surface area (Å²) < 4.78 is 14.7. The number of carbonyl (C=O) groups excluding carboxylic acids is 1. The van der Waals surface area contributed by atoms with E-state index >= 15 is 0 Å². The summed E-state index contributed by atoms with van der Waals surface area (Å²) in [7, 11) is 1.68. The molecular formula is C17H20FN5O2. The van der Waals surface area contributed by atoms with Crippen LogP contribution < -0.4 is 11.1 Å². The van der Waals surface area contributed by atoms with E-state index in [0.717, 1.165) is 5.71 Å². The zero-order valence-corrected chi connectivity index (χ0v) is 13.8. The number of carbonyl (C=O) groups is 1. The molecule has 1 aliphatic carbocycles. The van der Waals surface area contributed by atoms with Gasteiger partial charge in [0.25, 0.3) is 5.91 Å². The fourth-order valence-electron chi connectivity index (χ4n) is 3.02. The lowest BCUT2D eigenvalue weighted by Gasteiger charge is -2.27. The molecule has 8 heteroatoms. The van der Waals surface area contributed by atoms with Crippen LogP contribution in [-0.4, -0.2) is 39.7 Å². The predicted molar refractivity (Wildman–Crippen MR) is 92.7 cm³/mol. The molecule has 1 aromatic heterocycles. The van der Waals surface area contributed by atoms with Crippen molar-refractivity contribution in [3.05, 3.63) is 41.8 Å². The van der Waals surface area contributed by atoms with Gasteiger partial charge in [0.1, 0.15) is 11.4 Å². The third kappa shape index (κ3) is 3.69. The number of hydrogen-bond acceptors (Lipinski definition) is 5. The molecule has 0 aliphatic heterocycles. The summed E-state index contributed by atoms with van der Waals surface area (Å²) >= 11 is 0. The van der Waals surface area contributed by atoms with Crippen LogP contribution in [0.5, 0.6) is 0 Å². The SMILES string of the molecule is C/N=C1/C[C@H](O)CC[C@@H]1n1cc(C(N)=O)c(Nc2ccc(F)cc2)n1. The van der Waals surface area contributed by atoms with Gasteiger partial charge in [-0.1, -0.05) is 0 Å². The Hall–Kier alpha value is -2.74. The number of aliphatic imine (C=N–C) groups is 1. The summed E-state index contributed by atoms with van der Waals surface area (Å²) in [5.74, 6) is -0.654. The Kier molecular flexibility index (Phi) is 4.80. The lowest BCUT2D eigenvalue weighted by atomic mass is 9.91. The zero-order valence-electron chi connectivity index (χ0n) is 13.8. The van der Waals surface area contributed by atoms with Gasteiger partial charge in [0.05, 0.1) is 12.1 Å². The van der Waals surface area contributed by atoms with Crippen molar-refractivity contribution in [2.75, 3.05) is 12.4 Å². The van der Waals surface area contributed by atoms with E-state index in [1.807, 2.05) is 0 Å². The first-order valence-electron chi connectivity index (χ1n) is 8.03. The standard InChI is InChI=1S/C17H20FN5O2/c1-20-14-8-12(24)6-7-15(14)23-9-13(16(19)25)17(22-23)21-11-4-2-10(18)3-5-11/h2-5,9,12,15,24H,6-8H2,1H3,(H2,19,25)(H,21,22)/b20-14-/t12-,15+/m1/s1. The molecule has 1 heterocycles. The lowest BCUT2D eigenvalue weighted by Crippen LogP contribution is -2.30. The Morgan fingerprint density at radius 3 is 2.76 bits per heavy atom. The van der Waals surface area contributed by atoms with Crippen LogP contribution in [0, 0.1) is 5.82 Å². The first-order chi connectivity index (χ1) is 12.0. The van der Waals surface area contributed by atoms with E-state index in [9.17, 15) is 14.3 Å². The normalized spacial score (nSPS) is 22.1. The van der Waals surface area contributed by atoms with Crippen LogP contribution in [0.2, 0.25) is 0 Å². The molecule has 2 atom stereocenters. The van der Waals surface area contributed by atoms with Gasteiger partial charge >= 0.3 is 0 Å². The van der Waals surface area contributed by atoms with Crippen LogP contribution in [-0.2, 0) is 0 Å². The van der Waals surface area contributed by atoms with E-state index in [0.29, 0.717) is 30.8 Å². The zero-order chi connectivity index (χ0) is 18.0. The number of halogens is 1. The van der Waals surface area contributed by atoms with Crippen molar-refractivity contribution in [2.24, 2.45) is 10.7 Å². The number of nitrogens with one attached hydrogen (secondary N) is 1. The summed E-state index contributed by atoms with van der Waals surface area (Å²) in [5, 5.41) is 17.3. The van der Waals surface area contributed by atoms with Gasteiger partial charge in [0, 0.05) is 31.1 Å². The maximum Gasteiger partial charge on any atom is 0.254 e. The number of aromatic nitrogens is 2. The fraction of sp³-hybridized carbons (Fsp3) is 0.353. The van der Waals surface area contributed by atoms with Gasteiger partial charge in [-0.15, -0.1) is 0 Å². The maximum absolute atomic E-state index is 13.0. The largest absolute Gasteiger partial charge is 0.393 e. The summed E-state index contributed by atoms with van der Waals surface area (Å²) in [6.45, 7) is 0. The number of anilines is 2. The highest BCUT2D eigenvalue weighted by Gasteiger charge is 2.28. The predicted octanol–water partition coefficient (Wildman–Crippen LogP) is 2.02. The van der Waals surface area contributed by atoms with E-state index in [1.165, 1.54) is 12.1 Å². The molecule has 1 saturated carbocycles. The van der Waals surface area contributed by atoms with Crippen molar-refractivity contribution in [3.63, 3.8) is 0 Å². The van der Waals surface area contributed by atoms with Crippen LogP contribution in [0.15, 0.2) is 35.5 Å². The molecule has 0 radical (unpaired) electrons. The van der Waals surface area contributed by atoms with E-state index in [2.05, 4.69) is 15.4 Å². The van der Waals surface area contributed by atoms with E-state index < -0.39 is 12.0 Å². The molecular weight excluding hydrogens is 325 g/mol. The molecule has 0 bridgehead atoms. The van der Waals surface area contributed by atoms with Crippen molar-refractivity contribution >= 4 is 23.1 Å². The molecule has 0 saturated heterocycles. The topological polar surface area (TPSA) is 106 Å². The Bertz CT molecular complexity index is 800. The summed E-state index contributed by atoms with van der Waals surface area (Å²) in [4.78, 5) is 16.0. The number of aliphatic hydroxyl groups excluding tert-OH is 1. The van der Waals surface area contributed by atoms with Gasteiger partial charge in [0.2, 0.25) is 0 Å². The number of amides is 1. The van der Waals surface area contributed by atoms with Gasteiger partial charge in [-0.05, 0) is 37.1 Å². The second kappa shape index (κ2) is 7.02. The number of hydrogen-bond donors (Lipinski definition) is 3. The molecule has 7 nitrogen and oxygen atoms in total. The minimum absolute atomic E-state index is 0.129. The molecule has 3 rings (SSSR count). The second-order valence-electron chi connectivity index (χ2n) is 6.03. The Balaban J connectivity index is 1.91. The first kappa shape index (κ1) is 17.1. The molecule has 2 aromatic rings. The molecule has 1 amide bonds. The van der Waals surface area contributed by atoms with E-state index in [1.54, 1.807) is 30.1 Å². The lowest BCUT2D eigenvalue weighted by molar-refractivity contribution is 0.100. The van der Waals surface area contributed by atoms with E-state index in [-0.39, 0.29) is 17.4 Å². The maximum atomic E-state index is 13.0. The molecule has 25 heavy (non-hydrogen) atoms. The van der Waals surface area contributed by atoms with Crippen molar-refractivity contribution in [1.29, 1.82) is 0 Å². The van der Waals surface area contributed by atoms with Gasteiger partial charge in [-0.25, -0.2) is 4.39 Å². The highest BCUT2D eigenvalue weighted by molar-refractivity contribution is 5.98. The third-order valence-electron chi connectivity index (χ3n) is 4.31. The van der Waals surface area contributed by atoms with Crippen LogP contribution in [0.25, 0.3) is 0 Å². The first-order valence-corrected chi connectivity index (χ1v) is 8.03. The highest BCUT2D eigenvalue weighted by atomic mass is 19.1. The smallest absolute Gasteiger partial charge is 0.254 e. The van der Waals surface area contributed by atoms with Crippen LogP contribution >= 0.6 is 0 Å². The molecule has 1 fully saturated rings. The monoisotopic (exact) mass is 345 g/mol. The third-order valence-corrected chi connectivity index (χ3v) is 4.31. The van der Waals surface area contributed by atoms with Crippen molar-refractivity contribution in [2.45, 2.75) is 31.4 Å². The molecule has 0 spiro atoms. The number of nitrogens with zero attached hydrogens (tertiary/aromatic N) is 3. The second-order valence-corrected chi connectivity index (χ2v) is 6.03. The minimum atomic E-state index is -0.610. The average molecular weight is 345 g/mol. The number of primary amides is 1. The minimum Gasteiger partial charge on any atom is -0.393 e. The summed E-state index contributed by atoms with van der Waals surface area (Å²) in [5.41, 5.74) is 7.12. The Morgan fingerprint density at radius 2 is 2.12 bits per heavy atom. The summed E-state index contributed by atoms with van der Waals surface area (Å²) in [6.07, 6.45) is 2.97.